The second kappa shape index (κ2) is 9.55. The summed E-state index contributed by atoms with van der Waals surface area (Å²) in [5.74, 6) is -0.0600. The zero-order chi connectivity index (χ0) is 16.4. The van der Waals surface area contributed by atoms with Crippen LogP contribution in [0, 0.1) is 0 Å². The quantitative estimate of drug-likeness (QED) is 0.644. The molecule has 0 saturated heterocycles. The molecule has 7 heteroatoms. The van der Waals surface area contributed by atoms with Gasteiger partial charge in [-0.15, -0.1) is 0 Å². The molecule has 1 aromatic carbocycles. The predicted octanol–water partition coefficient (Wildman–Crippen LogP) is 2.13. The topological polar surface area (TPSA) is 84.5 Å². The average molecular weight is 328 g/mol. The van der Waals surface area contributed by atoms with E-state index in [0.29, 0.717) is 31.7 Å². The van der Waals surface area contributed by atoms with Crippen molar-refractivity contribution in [2.24, 2.45) is 0 Å². The summed E-state index contributed by atoms with van der Waals surface area (Å²) in [6, 6.07) is 6.14. The van der Waals surface area contributed by atoms with Crippen LogP contribution < -0.4 is 10.0 Å². The first-order valence-electron chi connectivity index (χ1n) is 7.38. The number of anilines is 1. The van der Waals surface area contributed by atoms with Gasteiger partial charge < -0.3 is 10.1 Å². The molecule has 0 heterocycles. The molecule has 0 aromatic heterocycles. The van der Waals surface area contributed by atoms with Gasteiger partial charge in [0.15, 0.2) is 0 Å². The number of carbonyl (C=O) groups excluding carboxylic acids is 1. The second-order valence-corrected chi connectivity index (χ2v) is 6.69. The molecule has 22 heavy (non-hydrogen) atoms. The van der Waals surface area contributed by atoms with Gasteiger partial charge in [-0.05, 0) is 37.1 Å². The lowest BCUT2D eigenvalue weighted by Crippen LogP contribution is -2.25. The smallest absolute Gasteiger partial charge is 0.240 e. The number of carbonyl (C=O) groups is 1. The molecular formula is C15H24N2O4S. The minimum absolute atomic E-state index is 0.0600. The van der Waals surface area contributed by atoms with Gasteiger partial charge in [0.1, 0.15) is 0 Å². The molecule has 6 nitrogen and oxygen atoms in total. The van der Waals surface area contributed by atoms with E-state index in [1.165, 1.54) is 12.1 Å². The first kappa shape index (κ1) is 18.6. The number of nitrogens with one attached hydrogen (secondary N) is 2. The molecule has 1 rings (SSSR count). The third-order valence-corrected chi connectivity index (χ3v) is 4.50. The van der Waals surface area contributed by atoms with E-state index in [0.717, 1.165) is 12.8 Å². The molecule has 0 aliphatic carbocycles. The van der Waals surface area contributed by atoms with E-state index in [-0.39, 0.29) is 10.8 Å². The molecule has 2 N–H and O–H groups in total. The van der Waals surface area contributed by atoms with Gasteiger partial charge in [-0.1, -0.05) is 13.3 Å². The highest BCUT2D eigenvalue weighted by molar-refractivity contribution is 7.89. The van der Waals surface area contributed by atoms with Gasteiger partial charge in [-0.25, -0.2) is 13.1 Å². The van der Waals surface area contributed by atoms with Crippen molar-refractivity contribution in [2.45, 2.75) is 37.5 Å². The minimum Gasteiger partial charge on any atom is -0.385 e. The summed E-state index contributed by atoms with van der Waals surface area (Å²) in [4.78, 5) is 11.8. The van der Waals surface area contributed by atoms with Crippen LogP contribution >= 0.6 is 0 Å². The molecule has 0 unspecified atom stereocenters. The lowest BCUT2D eigenvalue weighted by molar-refractivity contribution is -0.116. The molecule has 0 aliphatic rings. The molecular weight excluding hydrogens is 304 g/mol. The summed E-state index contributed by atoms with van der Waals surface area (Å²) in [5, 5.41) is 2.74. The van der Waals surface area contributed by atoms with Crippen LogP contribution in [0.4, 0.5) is 5.69 Å². The summed E-state index contributed by atoms with van der Waals surface area (Å²) < 4.78 is 31.4. The Labute approximate surface area is 132 Å². The molecule has 0 saturated carbocycles. The highest BCUT2D eigenvalue weighted by Gasteiger charge is 2.13. The van der Waals surface area contributed by atoms with E-state index in [9.17, 15) is 13.2 Å². The van der Waals surface area contributed by atoms with E-state index in [4.69, 9.17) is 4.74 Å². The standard InChI is InChI=1S/C15H24N2O4S/c1-3-4-6-15(18)17-13-7-9-14(10-8-13)22(19,20)16-11-5-12-21-2/h7-10,16H,3-6,11-12H2,1-2H3,(H,17,18). The fourth-order valence-corrected chi connectivity index (χ4v) is 2.86. The number of methoxy groups -OCH3 is 1. The van der Waals surface area contributed by atoms with Gasteiger partial charge in [0.25, 0.3) is 0 Å². The lowest BCUT2D eigenvalue weighted by atomic mass is 10.2. The maximum absolute atomic E-state index is 12.0. The largest absolute Gasteiger partial charge is 0.385 e. The summed E-state index contributed by atoms with van der Waals surface area (Å²) in [5.41, 5.74) is 0.597. The van der Waals surface area contributed by atoms with Crippen LogP contribution in [0.15, 0.2) is 29.2 Å². The van der Waals surface area contributed by atoms with Gasteiger partial charge in [-0.3, -0.25) is 4.79 Å². The number of unbranched alkanes of at least 4 members (excludes halogenated alkanes) is 1. The molecule has 1 amide bonds. The van der Waals surface area contributed by atoms with E-state index in [2.05, 4.69) is 10.0 Å². The zero-order valence-corrected chi connectivity index (χ0v) is 13.9. The normalized spacial score (nSPS) is 11.4. The van der Waals surface area contributed by atoms with Crippen LogP contribution in [0.5, 0.6) is 0 Å². The van der Waals surface area contributed by atoms with Crippen molar-refractivity contribution in [3.63, 3.8) is 0 Å². The van der Waals surface area contributed by atoms with Crippen molar-refractivity contribution in [2.75, 3.05) is 25.6 Å². The summed E-state index contributed by atoms with van der Waals surface area (Å²) in [6.45, 7) is 2.85. The third kappa shape index (κ3) is 6.55. The van der Waals surface area contributed by atoms with E-state index in [1.807, 2.05) is 6.92 Å². The highest BCUT2D eigenvalue weighted by atomic mass is 32.2. The number of sulfonamides is 1. The van der Waals surface area contributed by atoms with Crippen molar-refractivity contribution >= 4 is 21.6 Å². The Balaban J connectivity index is 2.58. The van der Waals surface area contributed by atoms with Crippen molar-refractivity contribution in [3.05, 3.63) is 24.3 Å². The monoisotopic (exact) mass is 328 g/mol. The van der Waals surface area contributed by atoms with Crippen molar-refractivity contribution < 1.29 is 17.9 Å². The molecule has 0 radical (unpaired) electrons. The average Bonchev–Trinajstić information content (AvgIpc) is 2.50. The van der Waals surface area contributed by atoms with E-state index in [1.54, 1.807) is 19.2 Å². The van der Waals surface area contributed by atoms with Crippen molar-refractivity contribution in [3.8, 4) is 0 Å². The van der Waals surface area contributed by atoms with Crippen LogP contribution in [0.2, 0.25) is 0 Å². The summed E-state index contributed by atoms with van der Waals surface area (Å²) in [7, 11) is -1.95. The zero-order valence-electron chi connectivity index (χ0n) is 13.1. The Bertz CT molecular complexity index is 555. The number of benzene rings is 1. The van der Waals surface area contributed by atoms with Crippen molar-refractivity contribution in [1.82, 2.24) is 4.72 Å². The fourth-order valence-electron chi connectivity index (χ4n) is 1.78. The number of amides is 1. The molecule has 0 bridgehead atoms. The van der Waals surface area contributed by atoms with Crippen LogP contribution in [0.1, 0.15) is 32.6 Å². The molecule has 0 atom stereocenters. The van der Waals surface area contributed by atoms with Crippen LogP contribution in [-0.4, -0.2) is 34.6 Å². The SMILES string of the molecule is CCCCC(=O)Nc1ccc(S(=O)(=O)NCCCOC)cc1. The number of hydrogen-bond donors (Lipinski definition) is 2. The number of ether oxygens (including phenoxy) is 1. The van der Waals surface area contributed by atoms with E-state index < -0.39 is 10.0 Å². The highest BCUT2D eigenvalue weighted by Crippen LogP contribution is 2.14. The Morgan fingerprint density at radius 3 is 2.45 bits per heavy atom. The van der Waals surface area contributed by atoms with Crippen LogP contribution in [0.3, 0.4) is 0 Å². The summed E-state index contributed by atoms with van der Waals surface area (Å²) in [6.07, 6.45) is 2.88. The molecule has 0 fully saturated rings. The Kier molecular flexibility index (Phi) is 8.08. The van der Waals surface area contributed by atoms with Crippen LogP contribution in [-0.2, 0) is 19.6 Å². The minimum atomic E-state index is -3.52. The molecule has 0 aliphatic heterocycles. The molecule has 124 valence electrons. The van der Waals surface area contributed by atoms with Crippen molar-refractivity contribution in [1.29, 1.82) is 0 Å². The molecule has 0 spiro atoms. The van der Waals surface area contributed by atoms with Gasteiger partial charge in [0, 0.05) is 32.4 Å². The predicted molar refractivity (Wildman–Crippen MR) is 86.3 cm³/mol. The van der Waals surface area contributed by atoms with Gasteiger partial charge >= 0.3 is 0 Å². The maximum atomic E-state index is 12.0. The second-order valence-electron chi connectivity index (χ2n) is 4.92. The number of rotatable bonds is 10. The first-order valence-corrected chi connectivity index (χ1v) is 8.86. The van der Waals surface area contributed by atoms with Crippen LogP contribution in [0.25, 0.3) is 0 Å². The van der Waals surface area contributed by atoms with E-state index >= 15 is 0 Å². The summed E-state index contributed by atoms with van der Waals surface area (Å²) >= 11 is 0. The van der Waals surface area contributed by atoms with Gasteiger partial charge in [-0.2, -0.15) is 0 Å². The Hall–Kier alpha value is -1.44. The Morgan fingerprint density at radius 1 is 1.18 bits per heavy atom. The van der Waals surface area contributed by atoms with Gasteiger partial charge in [0.2, 0.25) is 15.9 Å². The lowest BCUT2D eigenvalue weighted by Gasteiger charge is -2.08. The first-order chi connectivity index (χ1) is 10.5. The fraction of sp³-hybridized carbons (Fsp3) is 0.533. The third-order valence-electron chi connectivity index (χ3n) is 3.02. The number of hydrogen-bond acceptors (Lipinski definition) is 4. The van der Waals surface area contributed by atoms with Gasteiger partial charge in [0.05, 0.1) is 4.90 Å². The maximum Gasteiger partial charge on any atom is 0.240 e. The molecule has 1 aromatic rings. The Morgan fingerprint density at radius 2 is 1.86 bits per heavy atom.